The molecule has 3 aromatic carbocycles. The maximum Gasteiger partial charge on any atom is 0.340 e. The van der Waals surface area contributed by atoms with Gasteiger partial charge in [-0.15, -0.1) is 0 Å². The van der Waals surface area contributed by atoms with Crippen LogP contribution in [0.4, 0.5) is 11.4 Å². The largest absolute Gasteiger partial charge is 0.457 e. The van der Waals surface area contributed by atoms with Gasteiger partial charge in [-0.3, -0.25) is 4.79 Å². The van der Waals surface area contributed by atoms with Gasteiger partial charge in [0.1, 0.15) is 17.1 Å². The summed E-state index contributed by atoms with van der Waals surface area (Å²) in [5.74, 6) is 0.364. The lowest BCUT2D eigenvalue weighted by atomic mass is 10.0. The second kappa shape index (κ2) is 10.9. The number of aryl methyl sites for hydroxylation is 1. The highest BCUT2D eigenvalue weighted by atomic mass is 16.6. The third-order valence-electron chi connectivity index (χ3n) is 6.02. The fourth-order valence-electron chi connectivity index (χ4n) is 4.22. The Morgan fingerprint density at radius 3 is 2.25 bits per heavy atom. The molecule has 0 atom stereocenters. The molecule has 1 saturated heterocycles. The Hall–Kier alpha value is -3.80. The Bertz CT molecular complexity index is 1230. The van der Waals surface area contributed by atoms with Crippen LogP contribution in [-0.2, 0) is 4.74 Å². The van der Waals surface area contributed by atoms with Crippen molar-refractivity contribution in [1.29, 1.82) is 0 Å². The molecule has 0 spiro atoms. The van der Waals surface area contributed by atoms with E-state index >= 15 is 0 Å². The number of rotatable bonds is 6. The summed E-state index contributed by atoms with van der Waals surface area (Å²) in [5, 5.41) is 2.95. The van der Waals surface area contributed by atoms with Crippen LogP contribution in [0.1, 0.15) is 66.3 Å². The first-order valence-corrected chi connectivity index (χ1v) is 12.5. The standard InChI is InChI=1S/C30H34N2O4/c1-21-13-14-22(32-17-9-6-10-18-32)19-26(21)28(33)31-27-20-24(35-23-11-7-5-8-12-23)15-16-25(27)29(34)36-30(2,3)4/h5,7-8,11-16,19-20H,6,9-10,17-18H2,1-4H3,(H,31,33). The molecule has 188 valence electrons. The number of amides is 1. The van der Waals surface area contributed by atoms with E-state index in [2.05, 4.69) is 16.3 Å². The molecule has 3 aromatic rings. The van der Waals surface area contributed by atoms with Crippen LogP contribution in [0.15, 0.2) is 66.7 Å². The summed E-state index contributed by atoms with van der Waals surface area (Å²) >= 11 is 0. The lowest BCUT2D eigenvalue weighted by molar-refractivity contribution is 0.00707. The lowest BCUT2D eigenvalue weighted by Crippen LogP contribution is -2.29. The average molecular weight is 487 g/mol. The number of nitrogens with one attached hydrogen (secondary N) is 1. The van der Waals surface area contributed by atoms with Gasteiger partial charge in [0.25, 0.3) is 5.91 Å². The number of anilines is 2. The van der Waals surface area contributed by atoms with Crippen molar-refractivity contribution in [3.63, 3.8) is 0 Å². The van der Waals surface area contributed by atoms with Gasteiger partial charge in [-0.25, -0.2) is 4.79 Å². The zero-order valence-electron chi connectivity index (χ0n) is 21.5. The molecule has 1 fully saturated rings. The van der Waals surface area contributed by atoms with Crippen molar-refractivity contribution in [2.75, 3.05) is 23.3 Å². The Balaban J connectivity index is 1.64. The molecular formula is C30H34N2O4. The molecule has 1 heterocycles. The van der Waals surface area contributed by atoms with Gasteiger partial charge in [-0.05, 0) is 88.9 Å². The average Bonchev–Trinajstić information content (AvgIpc) is 2.84. The minimum atomic E-state index is -0.670. The molecule has 0 radical (unpaired) electrons. The third kappa shape index (κ3) is 6.45. The van der Waals surface area contributed by atoms with E-state index in [0.717, 1.165) is 37.2 Å². The minimum absolute atomic E-state index is 0.267. The lowest BCUT2D eigenvalue weighted by Gasteiger charge is -2.29. The molecule has 0 aromatic heterocycles. The number of piperidine rings is 1. The summed E-state index contributed by atoms with van der Waals surface area (Å²) in [5.41, 5.74) is 2.41. The van der Waals surface area contributed by atoms with Gasteiger partial charge in [-0.2, -0.15) is 0 Å². The van der Waals surface area contributed by atoms with Crippen LogP contribution in [0.2, 0.25) is 0 Å². The van der Waals surface area contributed by atoms with Crippen molar-refractivity contribution in [1.82, 2.24) is 0 Å². The quantitative estimate of drug-likeness (QED) is 0.381. The molecule has 1 N–H and O–H groups in total. The summed E-state index contributed by atoms with van der Waals surface area (Å²) < 4.78 is 11.5. The smallest absolute Gasteiger partial charge is 0.340 e. The van der Waals surface area contributed by atoms with Gasteiger partial charge >= 0.3 is 5.97 Å². The number of esters is 1. The predicted octanol–water partition coefficient (Wildman–Crippen LogP) is 6.99. The maximum atomic E-state index is 13.5. The maximum absolute atomic E-state index is 13.5. The van der Waals surface area contributed by atoms with E-state index in [1.54, 1.807) is 18.2 Å². The number of benzene rings is 3. The van der Waals surface area contributed by atoms with Crippen molar-refractivity contribution in [3.8, 4) is 11.5 Å². The number of para-hydroxylation sites is 1. The minimum Gasteiger partial charge on any atom is -0.457 e. The monoisotopic (exact) mass is 486 g/mol. The molecule has 1 aliphatic rings. The van der Waals surface area contributed by atoms with Crippen molar-refractivity contribution < 1.29 is 19.1 Å². The van der Waals surface area contributed by atoms with E-state index in [1.165, 1.54) is 6.42 Å². The van der Waals surface area contributed by atoms with Gasteiger partial charge in [0.2, 0.25) is 0 Å². The van der Waals surface area contributed by atoms with Gasteiger partial charge in [0, 0.05) is 30.4 Å². The summed E-state index contributed by atoms with van der Waals surface area (Å²) in [4.78, 5) is 28.8. The molecule has 36 heavy (non-hydrogen) atoms. The first-order valence-electron chi connectivity index (χ1n) is 12.5. The number of nitrogens with zero attached hydrogens (tertiary/aromatic N) is 1. The van der Waals surface area contributed by atoms with E-state index < -0.39 is 11.6 Å². The highest BCUT2D eigenvalue weighted by molar-refractivity contribution is 6.09. The van der Waals surface area contributed by atoms with Crippen LogP contribution < -0.4 is 15.0 Å². The van der Waals surface area contributed by atoms with Crippen LogP contribution in [0.25, 0.3) is 0 Å². The second-order valence-corrected chi connectivity index (χ2v) is 10.1. The summed E-state index contributed by atoms with van der Waals surface area (Å²) in [6, 6.07) is 20.3. The topological polar surface area (TPSA) is 67.9 Å². The number of ether oxygens (including phenoxy) is 2. The Kier molecular flexibility index (Phi) is 7.63. The fraction of sp³-hybridized carbons (Fsp3) is 0.333. The van der Waals surface area contributed by atoms with Crippen molar-refractivity contribution in [2.45, 2.75) is 52.6 Å². The fourth-order valence-corrected chi connectivity index (χ4v) is 4.22. The highest BCUT2D eigenvalue weighted by Crippen LogP contribution is 2.30. The zero-order chi connectivity index (χ0) is 25.7. The van der Waals surface area contributed by atoms with Crippen LogP contribution >= 0.6 is 0 Å². The first-order chi connectivity index (χ1) is 17.2. The SMILES string of the molecule is Cc1ccc(N2CCCCC2)cc1C(=O)Nc1cc(Oc2ccccc2)ccc1C(=O)OC(C)(C)C. The molecular weight excluding hydrogens is 452 g/mol. The summed E-state index contributed by atoms with van der Waals surface area (Å²) in [6.45, 7) is 9.33. The van der Waals surface area contributed by atoms with Gasteiger partial charge in [0.05, 0.1) is 11.3 Å². The molecule has 6 heteroatoms. The number of carbonyl (C=O) groups excluding carboxylic acids is 2. The molecule has 4 rings (SSSR count). The Labute approximate surface area is 213 Å². The van der Waals surface area contributed by atoms with E-state index in [-0.39, 0.29) is 11.5 Å². The van der Waals surface area contributed by atoms with E-state index in [0.29, 0.717) is 22.7 Å². The Morgan fingerprint density at radius 2 is 1.56 bits per heavy atom. The van der Waals surface area contributed by atoms with Crippen molar-refractivity contribution in [2.24, 2.45) is 0 Å². The van der Waals surface area contributed by atoms with Crippen LogP contribution in [0, 0.1) is 6.92 Å². The van der Waals surface area contributed by atoms with Gasteiger partial charge in [-0.1, -0.05) is 24.3 Å². The predicted molar refractivity (Wildman–Crippen MR) is 143 cm³/mol. The van der Waals surface area contributed by atoms with Crippen molar-refractivity contribution >= 4 is 23.3 Å². The summed E-state index contributed by atoms with van der Waals surface area (Å²) in [6.07, 6.45) is 3.55. The summed E-state index contributed by atoms with van der Waals surface area (Å²) in [7, 11) is 0. The normalized spacial score (nSPS) is 13.7. The molecule has 1 amide bonds. The van der Waals surface area contributed by atoms with Gasteiger partial charge < -0.3 is 19.7 Å². The number of carbonyl (C=O) groups is 2. The van der Waals surface area contributed by atoms with E-state index in [1.807, 2.05) is 70.2 Å². The molecule has 0 unspecified atom stereocenters. The van der Waals surface area contributed by atoms with Gasteiger partial charge in [0.15, 0.2) is 0 Å². The third-order valence-corrected chi connectivity index (χ3v) is 6.02. The number of hydrogen-bond donors (Lipinski definition) is 1. The molecule has 0 saturated carbocycles. The van der Waals surface area contributed by atoms with E-state index in [9.17, 15) is 9.59 Å². The molecule has 0 bridgehead atoms. The zero-order valence-corrected chi connectivity index (χ0v) is 21.5. The molecule has 1 aliphatic heterocycles. The van der Waals surface area contributed by atoms with E-state index in [4.69, 9.17) is 9.47 Å². The number of hydrogen-bond acceptors (Lipinski definition) is 5. The highest BCUT2D eigenvalue weighted by Gasteiger charge is 2.23. The molecule has 6 nitrogen and oxygen atoms in total. The van der Waals surface area contributed by atoms with Crippen molar-refractivity contribution in [3.05, 3.63) is 83.4 Å². The van der Waals surface area contributed by atoms with Crippen LogP contribution in [0.3, 0.4) is 0 Å². The molecule has 0 aliphatic carbocycles. The van der Waals surface area contributed by atoms with Crippen LogP contribution in [0.5, 0.6) is 11.5 Å². The Morgan fingerprint density at radius 1 is 0.833 bits per heavy atom. The second-order valence-electron chi connectivity index (χ2n) is 10.1. The van der Waals surface area contributed by atoms with Crippen LogP contribution in [-0.4, -0.2) is 30.6 Å². The first kappa shape index (κ1) is 25.3.